The van der Waals surface area contributed by atoms with Gasteiger partial charge < -0.3 is 0 Å². The van der Waals surface area contributed by atoms with Gasteiger partial charge in [-0.3, -0.25) is 0 Å². The van der Waals surface area contributed by atoms with E-state index in [0.29, 0.717) is 0 Å². The van der Waals surface area contributed by atoms with Crippen molar-refractivity contribution in [2.24, 2.45) is 0 Å². The molecule has 0 amide bonds. The summed E-state index contributed by atoms with van der Waals surface area (Å²) in [7, 11) is -3.26. The largest absolute Gasteiger partial charge is 0.212 e. The molecule has 0 aromatic heterocycles. The standard InChI is InChI=1S/C18H25NO2S/c1-4-18(5-2)19-22(20,21)13-14(3)16-11-10-15-8-6-7-9-17(15)12-16/h6-12,14,18-19H,4-5,13H2,1-3H3. The van der Waals surface area contributed by atoms with Crippen LogP contribution < -0.4 is 4.72 Å². The molecule has 0 saturated carbocycles. The van der Waals surface area contributed by atoms with E-state index in [4.69, 9.17) is 0 Å². The van der Waals surface area contributed by atoms with Crippen molar-refractivity contribution in [2.75, 3.05) is 5.75 Å². The molecule has 2 aromatic rings. The molecule has 1 atom stereocenters. The van der Waals surface area contributed by atoms with Gasteiger partial charge >= 0.3 is 0 Å². The molecule has 22 heavy (non-hydrogen) atoms. The van der Waals surface area contributed by atoms with E-state index < -0.39 is 10.0 Å². The van der Waals surface area contributed by atoms with Gasteiger partial charge in [-0.15, -0.1) is 0 Å². The third kappa shape index (κ3) is 4.31. The van der Waals surface area contributed by atoms with Crippen molar-refractivity contribution in [2.45, 2.75) is 45.6 Å². The number of hydrogen-bond acceptors (Lipinski definition) is 2. The Hall–Kier alpha value is -1.39. The molecule has 0 spiro atoms. The number of benzene rings is 2. The average Bonchev–Trinajstić information content (AvgIpc) is 2.51. The molecule has 0 bridgehead atoms. The molecule has 2 aromatic carbocycles. The van der Waals surface area contributed by atoms with Crippen molar-refractivity contribution in [3.8, 4) is 0 Å². The summed E-state index contributed by atoms with van der Waals surface area (Å²) in [6.45, 7) is 5.98. The maximum atomic E-state index is 12.3. The molecule has 0 fully saturated rings. The molecule has 0 radical (unpaired) electrons. The van der Waals surface area contributed by atoms with Gasteiger partial charge in [0.2, 0.25) is 10.0 Å². The monoisotopic (exact) mass is 319 g/mol. The van der Waals surface area contributed by atoms with Crippen LogP contribution in [0, 0.1) is 0 Å². The normalized spacial score (nSPS) is 13.6. The van der Waals surface area contributed by atoms with E-state index in [-0.39, 0.29) is 17.7 Å². The van der Waals surface area contributed by atoms with E-state index in [1.165, 1.54) is 5.39 Å². The highest BCUT2D eigenvalue weighted by Crippen LogP contribution is 2.22. The Labute approximate surface area is 133 Å². The van der Waals surface area contributed by atoms with Gasteiger partial charge in [-0.1, -0.05) is 63.2 Å². The number of nitrogens with one attached hydrogen (secondary N) is 1. The highest BCUT2D eigenvalue weighted by atomic mass is 32.2. The zero-order valence-electron chi connectivity index (χ0n) is 13.5. The lowest BCUT2D eigenvalue weighted by Crippen LogP contribution is -2.36. The summed E-state index contributed by atoms with van der Waals surface area (Å²) in [5.41, 5.74) is 1.06. The maximum Gasteiger partial charge on any atom is 0.212 e. The van der Waals surface area contributed by atoms with Gasteiger partial charge in [0.15, 0.2) is 0 Å². The lowest BCUT2D eigenvalue weighted by molar-refractivity contribution is 0.527. The number of fused-ring (bicyclic) bond motifs is 1. The van der Waals surface area contributed by atoms with Crippen LogP contribution >= 0.6 is 0 Å². The predicted octanol–water partition coefficient (Wildman–Crippen LogP) is 4.05. The Kier molecular flexibility index (Phi) is 5.59. The third-order valence-corrected chi connectivity index (χ3v) is 5.78. The molecular formula is C18H25NO2S. The molecule has 3 nitrogen and oxygen atoms in total. The van der Waals surface area contributed by atoms with E-state index in [0.717, 1.165) is 23.8 Å². The van der Waals surface area contributed by atoms with Crippen LogP contribution in [0.2, 0.25) is 0 Å². The zero-order chi connectivity index (χ0) is 16.2. The Morgan fingerprint density at radius 1 is 1.00 bits per heavy atom. The highest BCUT2D eigenvalue weighted by molar-refractivity contribution is 7.89. The first-order chi connectivity index (χ1) is 10.4. The third-order valence-electron chi connectivity index (χ3n) is 4.14. The van der Waals surface area contributed by atoms with Crippen molar-refractivity contribution in [3.63, 3.8) is 0 Å². The second kappa shape index (κ2) is 7.25. The van der Waals surface area contributed by atoms with E-state index in [1.807, 2.05) is 39.0 Å². The molecule has 0 aliphatic carbocycles. The molecule has 0 aliphatic heterocycles. The van der Waals surface area contributed by atoms with Crippen molar-refractivity contribution < 1.29 is 8.42 Å². The van der Waals surface area contributed by atoms with E-state index in [2.05, 4.69) is 29.0 Å². The quantitative estimate of drug-likeness (QED) is 0.837. The predicted molar refractivity (Wildman–Crippen MR) is 93.7 cm³/mol. The fourth-order valence-corrected chi connectivity index (χ4v) is 4.49. The topological polar surface area (TPSA) is 46.2 Å². The second-order valence-electron chi connectivity index (χ2n) is 5.92. The van der Waals surface area contributed by atoms with Crippen molar-refractivity contribution in [1.82, 2.24) is 4.72 Å². The fourth-order valence-electron chi connectivity index (χ4n) is 2.70. The Bertz CT molecular complexity index is 721. The minimum atomic E-state index is -3.26. The van der Waals surface area contributed by atoms with Crippen molar-refractivity contribution in [1.29, 1.82) is 0 Å². The van der Waals surface area contributed by atoms with Gasteiger partial charge in [-0.2, -0.15) is 0 Å². The van der Waals surface area contributed by atoms with Gasteiger partial charge in [0, 0.05) is 6.04 Å². The van der Waals surface area contributed by atoms with Gasteiger partial charge in [0.25, 0.3) is 0 Å². The number of hydrogen-bond donors (Lipinski definition) is 1. The summed E-state index contributed by atoms with van der Waals surface area (Å²) in [5, 5.41) is 2.33. The lowest BCUT2D eigenvalue weighted by atomic mass is 9.99. The SMILES string of the molecule is CCC(CC)NS(=O)(=O)CC(C)c1ccc2ccccc2c1. The molecular weight excluding hydrogens is 294 g/mol. The molecule has 2 rings (SSSR count). The molecule has 1 N–H and O–H groups in total. The van der Waals surface area contributed by atoms with E-state index in [9.17, 15) is 8.42 Å². The zero-order valence-corrected chi connectivity index (χ0v) is 14.4. The Balaban J connectivity index is 2.14. The lowest BCUT2D eigenvalue weighted by Gasteiger charge is -2.18. The summed E-state index contributed by atoms with van der Waals surface area (Å²) in [6, 6.07) is 14.3. The van der Waals surface area contributed by atoms with Crippen LogP contribution in [0.1, 0.15) is 45.1 Å². The summed E-state index contributed by atoms with van der Waals surface area (Å²) in [5.74, 6) is 0.0958. The first-order valence-electron chi connectivity index (χ1n) is 7.94. The van der Waals surface area contributed by atoms with Crippen LogP contribution in [0.5, 0.6) is 0 Å². The van der Waals surface area contributed by atoms with Crippen molar-refractivity contribution in [3.05, 3.63) is 48.0 Å². The minimum absolute atomic E-state index is 0.0310. The fraction of sp³-hybridized carbons (Fsp3) is 0.444. The smallest absolute Gasteiger partial charge is 0.212 e. The first kappa shape index (κ1) is 17.0. The summed E-state index contributed by atoms with van der Waals surface area (Å²) < 4.78 is 27.4. The van der Waals surface area contributed by atoms with Crippen LogP contribution in [0.4, 0.5) is 0 Å². The molecule has 0 heterocycles. The summed E-state index contributed by atoms with van der Waals surface area (Å²) in [4.78, 5) is 0. The number of sulfonamides is 1. The van der Waals surface area contributed by atoms with Gasteiger partial charge in [0.05, 0.1) is 5.75 Å². The van der Waals surface area contributed by atoms with Crippen LogP contribution in [-0.4, -0.2) is 20.2 Å². The Morgan fingerprint density at radius 3 is 2.27 bits per heavy atom. The molecule has 0 aliphatic rings. The van der Waals surface area contributed by atoms with Crippen LogP contribution in [-0.2, 0) is 10.0 Å². The van der Waals surface area contributed by atoms with Crippen LogP contribution in [0.25, 0.3) is 10.8 Å². The maximum absolute atomic E-state index is 12.3. The molecule has 4 heteroatoms. The van der Waals surface area contributed by atoms with E-state index in [1.54, 1.807) is 0 Å². The van der Waals surface area contributed by atoms with E-state index >= 15 is 0 Å². The van der Waals surface area contributed by atoms with Crippen LogP contribution in [0.15, 0.2) is 42.5 Å². The summed E-state index contributed by atoms with van der Waals surface area (Å²) in [6.07, 6.45) is 1.64. The average molecular weight is 319 g/mol. The minimum Gasteiger partial charge on any atom is -0.212 e. The molecule has 1 unspecified atom stereocenters. The molecule has 0 saturated heterocycles. The highest BCUT2D eigenvalue weighted by Gasteiger charge is 2.20. The summed E-state index contributed by atoms with van der Waals surface area (Å²) >= 11 is 0. The van der Waals surface area contributed by atoms with Crippen LogP contribution in [0.3, 0.4) is 0 Å². The first-order valence-corrected chi connectivity index (χ1v) is 9.59. The second-order valence-corrected chi connectivity index (χ2v) is 7.72. The van der Waals surface area contributed by atoms with Gasteiger partial charge in [0.1, 0.15) is 0 Å². The van der Waals surface area contributed by atoms with Gasteiger partial charge in [-0.05, 0) is 35.1 Å². The van der Waals surface area contributed by atoms with Crippen molar-refractivity contribution >= 4 is 20.8 Å². The van der Waals surface area contributed by atoms with Gasteiger partial charge in [-0.25, -0.2) is 13.1 Å². The Morgan fingerprint density at radius 2 is 1.64 bits per heavy atom. The number of rotatable bonds is 7. The molecule has 120 valence electrons.